The summed E-state index contributed by atoms with van der Waals surface area (Å²) < 4.78 is 11.7. The second-order valence-electron chi connectivity index (χ2n) is 5.28. The first-order chi connectivity index (χ1) is 8.89. The van der Waals surface area contributed by atoms with Crippen LogP contribution < -0.4 is 5.32 Å². The molecular weight excluding hydrogens is 226 g/mol. The minimum absolute atomic E-state index is 0.0187. The van der Waals surface area contributed by atoms with Gasteiger partial charge in [-0.25, -0.2) is 0 Å². The Bertz CT molecular complexity index is 581. The van der Waals surface area contributed by atoms with Gasteiger partial charge in [-0.1, -0.05) is 18.2 Å². The van der Waals surface area contributed by atoms with Gasteiger partial charge in [0.05, 0.1) is 5.54 Å². The van der Waals surface area contributed by atoms with E-state index >= 15 is 0 Å². The first-order valence-corrected chi connectivity index (χ1v) is 6.73. The number of hydrogen-bond donors (Lipinski definition) is 1. The average Bonchev–Trinajstić information content (AvgIpc) is 2.81. The largest absolute Gasteiger partial charge is 0.459 e. The fraction of sp³-hybridized carbons (Fsp3) is 0.467. The normalized spacial score (nSPS) is 22.2. The molecule has 0 radical (unpaired) electrons. The third-order valence-corrected chi connectivity index (χ3v) is 4.32. The molecule has 3 heteroatoms. The van der Waals surface area contributed by atoms with Crippen LogP contribution in [0.5, 0.6) is 0 Å². The minimum atomic E-state index is 0.0187. The Morgan fingerprint density at radius 1 is 1.11 bits per heavy atom. The predicted molar refractivity (Wildman–Crippen MR) is 69.7 cm³/mol. The first-order valence-electron chi connectivity index (χ1n) is 6.73. The maximum Gasteiger partial charge on any atom is 0.134 e. The van der Waals surface area contributed by atoms with Gasteiger partial charge < -0.3 is 14.5 Å². The summed E-state index contributed by atoms with van der Waals surface area (Å²) in [4.78, 5) is 0. The molecule has 0 atom stereocenters. The van der Waals surface area contributed by atoms with E-state index in [0.717, 1.165) is 44.6 Å². The lowest BCUT2D eigenvalue weighted by molar-refractivity contribution is 0.0252. The van der Waals surface area contributed by atoms with Crippen molar-refractivity contribution in [3.63, 3.8) is 0 Å². The van der Waals surface area contributed by atoms with E-state index in [-0.39, 0.29) is 5.54 Å². The Morgan fingerprint density at radius 3 is 2.83 bits per heavy atom. The van der Waals surface area contributed by atoms with Gasteiger partial charge in [0.2, 0.25) is 0 Å². The van der Waals surface area contributed by atoms with Crippen LogP contribution >= 0.6 is 0 Å². The Balaban J connectivity index is 1.93. The van der Waals surface area contributed by atoms with Gasteiger partial charge in [0.25, 0.3) is 0 Å². The van der Waals surface area contributed by atoms with Gasteiger partial charge in [-0.15, -0.1) is 0 Å². The Hall–Kier alpha value is -1.32. The zero-order chi connectivity index (χ0) is 12.0. The van der Waals surface area contributed by atoms with Gasteiger partial charge in [0, 0.05) is 30.7 Å². The summed E-state index contributed by atoms with van der Waals surface area (Å²) in [7, 11) is 0. The van der Waals surface area contributed by atoms with Gasteiger partial charge in [0.1, 0.15) is 11.3 Å². The molecule has 4 rings (SSSR count). The molecule has 1 N–H and O–H groups in total. The fourth-order valence-electron chi connectivity index (χ4n) is 3.36. The van der Waals surface area contributed by atoms with Crippen molar-refractivity contribution in [3.05, 3.63) is 35.6 Å². The van der Waals surface area contributed by atoms with E-state index in [1.54, 1.807) is 0 Å². The SMILES string of the molecule is c1ccc2c3c(oc2c1)C1(CCOCC1)NCC3. The highest BCUT2D eigenvalue weighted by atomic mass is 16.5. The number of furan rings is 1. The summed E-state index contributed by atoms with van der Waals surface area (Å²) in [6.45, 7) is 2.68. The van der Waals surface area contributed by atoms with E-state index < -0.39 is 0 Å². The maximum atomic E-state index is 6.17. The Labute approximate surface area is 106 Å². The van der Waals surface area contributed by atoms with E-state index in [1.807, 2.05) is 6.07 Å². The number of fused-ring (bicyclic) bond motifs is 4. The molecule has 0 aliphatic carbocycles. The van der Waals surface area contributed by atoms with Crippen molar-refractivity contribution >= 4 is 11.0 Å². The Kier molecular flexibility index (Phi) is 2.26. The molecule has 0 saturated carbocycles. The average molecular weight is 243 g/mol. The zero-order valence-electron chi connectivity index (χ0n) is 10.4. The molecule has 0 unspecified atom stereocenters. The smallest absolute Gasteiger partial charge is 0.134 e. The molecule has 18 heavy (non-hydrogen) atoms. The van der Waals surface area contributed by atoms with Gasteiger partial charge in [-0.3, -0.25) is 0 Å². The highest BCUT2D eigenvalue weighted by Crippen LogP contribution is 2.41. The van der Waals surface area contributed by atoms with Crippen LogP contribution in [-0.2, 0) is 16.7 Å². The van der Waals surface area contributed by atoms with Crippen LogP contribution in [0.2, 0.25) is 0 Å². The third-order valence-electron chi connectivity index (χ3n) is 4.32. The van der Waals surface area contributed by atoms with Crippen LogP contribution in [0.3, 0.4) is 0 Å². The van der Waals surface area contributed by atoms with Crippen molar-refractivity contribution in [2.75, 3.05) is 19.8 Å². The topological polar surface area (TPSA) is 34.4 Å². The molecule has 94 valence electrons. The lowest BCUT2D eigenvalue weighted by Crippen LogP contribution is -2.50. The van der Waals surface area contributed by atoms with Crippen molar-refractivity contribution in [2.24, 2.45) is 0 Å². The second-order valence-corrected chi connectivity index (χ2v) is 5.28. The summed E-state index contributed by atoms with van der Waals surface area (Å²) in [5.41, 5.74) is 2.45. The van der Waals surface area contributed by atoms with Gasteiger partial charge in [0.15, 0.2) is 0 Å². The molecule has 1 aromatic carbocycles. The summed E-state index contributed by atoms with van der Waals surface area (Å²) in [6, 6.07) is 8.38. The Morgan fingerprint density at radius 2 is 1.94 bits per heavy atom. The zero-order valence-corrected chi connectivity index (χ0v) is 10.4. The molecule has 0 bridgehead atoms. The van der Waals surface area contributed by atoms with Crippen LogP contribution in [0.1, 0.15) is 24.2 Å². The number of ether oxygens (including phenoxy) is 1. The van der Waals surface area contributed by atoms with Crippen LogP contribution in [0, 0.1) is 0 Å². The number of para-hydroxylation sites is 1. The lowest BCUT2D eigenvalue weighted by Gasteiger charge is -2.39. The van der Waals surface area contributed by atoms with Crippen molar-refractivity contribution in [1.29, 1.82) is 0 Å². The third kappa shape index (κ3) is 1.38. The van der Waals surface area contributed by atoms with Crippen molar-refractivity contribution in [2.45, 2.75) is 24.8 Å². The minimum Gasteiger partial charge on any atom is -0.459 e. The molecule has 3 nitrogen and oxygen atoms in total. The van der Waals surface area contributed by atoms with Crippen LogP contribution in [0.4, 0.5) is 0 Å². The first kappa shape index (κ1) is 10.6. The second kappa shape index (κ2) is 3.84. The number of rotatable bonds is 0. The van der Waals surface area contributed by atoms with Crippen LogP contribution in [-0.4, -0.2) is 19.8 Å². The maximum absolute atomic E-state index is 6.17. The predicted octanol–water partition coefficient (Wildman–Crippen LogP) is 2.58. The molecule has 1 saturated heterocycles. The fourth-order valence-corrected chi connectivity index (χ4v) is 3.36. The standard InChI is InChI=1S/C15H17NO2/c1-2-4-13-11(3-1)12-5-8-16-15(14(12)18-13)6-9-17-10-7-15/h1-4,16H,5-10H2. The molecule has 2 aliphatic rings. The van der Waals surface area contributed by atoms with E-state index in [9.17, 15) is 0 Å². The van der Waals surface area contributed by atoms with E-state index in [1.165, 1.54) is 16.7 Å². The molecular formula is C15H17NO2. The molecule has 1 spiro atoms. The number of hydrogen-bond acceptors (Lipinski definition) is 3. The van der Waals surface area contributed by atoms with Gasteiger partial charge in [-0.2, -0.15) is 0 Å². The molecule has 3 heterocycles. The van der Waals surface area contributed by atoms with E-state index in [4.69, 9.17) is 9.15 Å². The van der Waals surface area contributed by atoms with Crippen molar-refractivity contribution in [3.8, 4) is 0 Å². The van der Waals surface area contributed by atoms with E-state index in [0.29, 0.717) is 0 Å². The molecule has 1 fully saturated rings. The highest BCUT2D eigenvalue weighted by molar-refractivity contribution is 5.83. The monoisotopic (exact) mass is 243 g/mol. The molecule has 0 amide bonds. The van der Waals surface area contributed by atoms with Gasteiger partial charge in [-0.05, 0) is 25.3 Å². The van der Waals surface area contributed by atoms with Crippen LogP contribution in [0.25, 0.3) is 11.0 Å². The molecule has 1 aromatic heterocycles. The summed E-state index contributed by atoms with van der Waals surface area (Å²) in [5.74, 6) is 1.17. The van der Waals surface area contributed by atoms with Gasteiger partial charge >= 0.3 is 0 Å². The number of nitrogens with one attached hydrogen (secondary N) is 1. The summed E-state index contributed by atoms with van der Waals surface area (Å²) in [5, 5.41) is 4.97. The van der Waals surface area contributed by atoms with E-state index in [2.05, 4.69) is 23.5 Å². The van der Waals surface area contributed by atoms with Crippen molar-refractivity contribution in [1.82, 2.24) is 5.32 Å². The van der Waals surface area contributed by atoms with Crippen molar-refractivity contribution < 1.29 is 9.15 Å². The highest BCUT2D eigenvalue weighted by Gasteiger charge is 2.41. The summed E-state index contributed by atoms with van der Waals surface area (Å²) >= 11 is 0. The van der Waals surface area contributed by atoms with Crippen LogP contribution in [0.15, 0.2) is 28.7 Å². The molecule has 2 aromatic rings. The lowest BCUT2D eigenvalue weighted by atomic mass is 9.81. The molecule has 2 aliphatic heterocycles. The number of benzene rings is 1. The quantitative estimate of drug-likeness (QED) is 0.772. The summed E-state index contributed by atoms with van der Waals surface area (Å²) in [6.07, 6.45) is 3.09.